The van der Waals surface area contributed by atoms with Crippen LogP contribution in [0.25, 0.3) is 0 Å². The maximum Gasteiger partial charge on any atom is 0.458 e. The molecule has 1 aliphatic heterocycles. The minimum absolute atomic E-state index is 0.0329. The van der Waals surface area contributed by atoms with Gasteiger partial charge in [0.15, 0.2) is 15.7 Å². The molecule has 2 aromatic heterocycles. The fourth-order valence-electron chi connectivity index (χ4n) is 2.54. The number of fused-ring (bicyclic) bond motifs is 1. The van der Waals surface area contributed by atoms with Crippen LogP contribution in [0.3, 0.4) is 0 Å². The Morgan fingerprint density at radius 1 is 1.26 bits per heavy atom. The topological polar surface area (TPSA) is 67.3 Å². The monoisotopic (exact) mass is 426 g/mol. The van der Waals surface area contributed by atoms with Crippen LogP contribution in [-0.4, -0.2) is 31.2 Å². The summed E-state index contributed by atoms with van der Waals surface area (Å²) in [4.78, 5) is 15.6. The number of sulfone groups is 1. The quantitative estimate of drug-likeness (QED) is 0.699. The van der Waals surface area contributed by atoms with Crippen molar-refractivity contribution in [3.63, 3.8) is 0 Å². The number of nitrogens with zero attached hydrogens (tertiary/aromatic N) is 2. The van der Waals surface area contributed by atoms with Gasteiger partial charge in [0.25, 0.3) is 5.91 Å². The first kappa shape index (κ1) is 19.7. The minimum atomic E-state index is -5.78. The molecule has 0 aromatic carbocycles. The Hall–Kier alpha value is -2.08. The predicted octanol–water partition coefficient (Wildman–Crippen LogP) is 3.75. The number of thiophene rings is 1. The normalized spacial score (nSPS) is 15.3. The number of rotatable bonds is 4. The molecule has 12 heteroatoms. The molecule has 0 bridgehead atoms. The second-order valence-electron chi connectivity index (χ2n) is 5.66. The second-order valence-corrected chi connectivity index (χ2v) is 8.96. The van der Waals surface area contributed by atoms with Crippen molar-refractivity contribution in [1.82, 2.24) is 4.98 Å². The van der Waals surface area contributed by atoms with Gasteiger partial charge in [-0.1, -0.05) is 6.92 Å². The van der Waals surface area contributed by atoms with E-state index in [1.54, 1.807) is 0 Å². The fraction of sp³-hybridized carbons (Fsp3) is 0.333. The van der Waals surface area contributed by atoms with Crippen molar-refractivity contribution in [2.45, 2.75) is 30.5 Å². The zero-order valence-electron chi connectivity index (χ0n) is 13.5. The number of alkyl halides is 5. The number of hydrogen-bond acceptors (Lipinski definition) is 5. The molecule has 0 saturated heterocycles. The second kappa shape index (κ2) is 6.23. The van der Waals surface area contributed by atoms with E-state index in [4.69, 9.17) is 0 Å². The number of amides is 1. The Morgan fingerprint density at radius 3 is 2.48 bits per heavy atom. The maximum atomic E-state index is 13.5. The molecule has 0 saturated carbocycles. The van der Waals surface area contributed by atoms with Crippen LogP contribution in [0, 0.1) is 0 Å². The molecule has 0 aliphatic carbocycles. The van der Waals surface area contributed by atoms with Crippen LogP contribution < -0.4 is 4.90 Å². The largest absolute Gasteiger partial charge is 0.458 e. The van der Waals surface area contributed by atoms with E-state index >= 15 is 0 Å². The van der Waals surface area contributed by atoms with Crippen LogP contribution in [0.5, 0.6) is 0 Å². The van der Waals surface area contributed by atoms with E-state index in [-0.39, 0.29) is 44.8 Å². The third-order valence-corrected chi connectivity index (χ3v) is 6.95. The molecule has 3 heterocycles. The molecule has 2 aromatic rings. The molecule has 5 nitrogen and oxygen atoms in total. The fourth-order valence-corrected chi connectivity index (χ4v) is 4.70. The van der Waals surface area contributed by atoms with Gasteiger partial charge in [0.1, 0.15) is 4.90 Å². The van der Waals surface area contributed by atoms with Crippen molar-refractivity contribution >= 4 is 32.9 Å². The van der Waals surface area contributed by atoms with Gasteiger partial charge in [-0.3, -0.25) is 9.69 Å². The van der Waals surface area contributed by atoms with Gasteiger partial charge in [-0.2, -0.15) is 22.0 Å². The highest BCUT2D eigenvalue weighted by atomic mass is 32.2. The summed E-state index contributed by atoms with van der Waals surface area (Å²) in [5.74, 6) is -6.38. The zero-order chi connectivity index (χ0) is 20.2. The lowest BCUT2D eigenvalue weighted by Crippen LogP contribution is -2.33. The molecule has 0 atom stereocenters. The Balaban J connectivity index is 2.01. The van der Waals surface area contributed by atoms with E-state index in [1.165, 1.54) is 25.3 Å². The van der Waals surface area contributed by atoms with Gasteiger partial charge in [0.2, 0.25) is 0 Å². The highest BCUT2D eigenvalue weighted by molar-refractivity contribution is 7.91. The van der Waals surface area contributed by atoms with Crippen molar-refractivity contribution in [3.8, 4) is 0 Å². The lowest BCUT2D eigenvalue weighted by molar-refractivity contribution is -0.287. The summed E-state index contributed by atoms with van der Waals surface area (Å²) >= 11 is 0.0430. The van der Waals surface area contributed by atoms with E-state index in [1.807, 2.05) is 0 Å². The molecule has 0 unspecified atom stereocenters. The van der Waals surface area contributed by atoms with Crippen LogP contribution in [0.1, 0.15) is 27.0 Å². The summed E-state index contributed by atoms with van der Waals surface area (Å²) in [6, 6.07) is 3.25. The first-order valence-electron chi connectivity index (χ1n) is 7.47. The summed E-state index contributed by atoms with van der Waals surface area (Å²) < 4.78 is 89.0. The summed E-state index contributed by atoms with van der Waals surface area (Å²) in [7, 11) is -3.73. The number of carbonyl (C=O) groups is 1. The van der Waals surface area contributed by atoms with Gasteiger partial charge < -0.3 is 0 Å². The van der Waals surface area contributed by atoms with Gasteiger partial charge >= 0.3 is 12.1 Å². The molecule has 0 fully saturated rings. The number of aromatic nitrogens is 1. The smallest absolute Gasteiger partial charge is 0.286 e. The van der Waals surface area contributed by atoms with Crippen LogP contribution in [0.4, 0.5) is 27.8 Å². The van der Waals surface area contributed by atoms with Crippen LogP contribution in [-0.2, 0) is 22.3 Å². The van der Waals surface area contributed by atoms with E-state index in [2.05, 4.69) is 4.98 Å². The van der Waals surface area contributed by atoms with E-state index < -0.39 is 32.7 Å². The predicted molar refractivity (Wildman–Crippen MR) is 86.7 cm³/mol. The van der Waals surface area contributed by atoms with E-state index in [0.29, 0.717) is 6.07 Å². The van der Waals surface area contributed by atoms with Gasteiger partial charge in [-0.25, -0.2) is 13.4 Å². The molecule has 1 aliphatic rings. The summed E-state index contributed by atoms with van der Waals surface area (Å²) in [6.07, 6.45) is -4.52. The molecule has 0 spiro atoms. The van der Waals surface area contributed by atoms with Gasteiger partial charge in [-0.05, 0) is 23.8 Å². The Labute approximate surface area is 154 Å². The van der Waals surface area contributed by atoms with Crippen LogP contribution in [0.2, 0.25) is 0 Å². The van der Waals surface area contributed by atoms with Crippen molar-refractivity contribution in [2.24, 2.45) is 0 Å². The van der Waals surface area contributed by atoms with E-state index in [9.17, 15) is 35.2 Å². The lowest BCUT2D eigenvalue weighted by atomic mass is 10.2. The SMILES string of the molecule is CCS(=O)(=O)c1cccnc1N1Cc2cc(C(F)(F)C(F)(F)F)sc2C1=O. The summed E-state index contributed by atoms with van der Waals surface area (Å²) in [5, 5.41) is 0. The first-order chi connectivity index (χ1) is 12.4. The van der Waals surface area contributed by atoms with Gasteiger partial charge in [0, 0.05) is 6.20 Å². The number of carbonyl (C=O) groups excluding carboxylic acids is 1. The Kier molecular flexibility index (Phi) is 4.54. The van der Waals surface area contributed by atoms with Gasteiger partial charge in [-0.15, -0.1) is 11.3 Å². The lowest BCUT2D eigenvalue weighted by Gasteiger charge is -2.20. The maximum absolute atomic E-state index is 13.5. The third kappa shape index (κ3) is 3.10. The van der Waals surface area contributed by atoms with Crippen molar-refractivity contribution in [3.05, 3.63) is 39.7 Å². The number of halogens is 5. The van der Waals surface area contributed by atoms with Gasteiger partial charge in [0.05, 0.1) is 22.1 Å². The molecule has 3 rings (SSSR count). The van der Waals surface area contributed by atoms with Crippen molar-refractivity contribution in [2.75, 3.05) is 10.7 Å². The number of anilines is 1. The third-order valence-electron chi connectivity index (χ3n) is 3.96. The zero-order valence-corrected chi connectivity index (χ0v) is 15.2. The highest BCUT2D eigenvalue weighted by Crippen LogP contribution is 2.48. The molecule has 0 N–H and O–H groups in total. The molecule has 27 heavy (non-hydrogen) atoms. The summed E-state index contributed by atoms with van der Waals surface area (Å²) in [5.41, 5.74) is -0.0329. The number of hydrogen-bond donors (Lipinski definition) is 0. The molecule has 1 amide bonds. The average molecular weight is 426 g/mol. The Morgan fingerprint density at radius 2 is 1.93 bits per heavy atom. The molecular weight excluding hydrogens is 415 g/mol. The summed E-state index contributed by atoms with van der Waals surface area (Å²) in [6.45, 7) is 1.06. The highest BCUT2D eigenvalue weighted by Gasteiger charge is 2.60. The average Bonchev–Trinajstić information content (AvgIpc) is 3.14. The van der Waals surface area contributed by atoms with E-state index in [0.717, 1.165) is 4.90 Å². The van der Waals surface area contributed by atoms with Crippen molar-refractivity contribution < 1.29 is 35.2 Å². The molecular formula is C15H11F5N2O3S2. The minimum Gasteiger partial charge on any atom is -0.286 e. The molecule has 0 radical (unpaired) electrons. The van der Waals surface area contributed by atoms with Crippen molar-refractivity contribution in [1.29, 1.82) is 0 Å². The number of pyridine rings is 1. The molecule has 146 valence electrons. The van der Waals surface area contributed by atoms with Crippen LogP contribution >= 0.6 is 11.3 Å². The van der Waals surface area contributed by atoms with Crippen LogP contribution in [0.15, 0.2) is 29.3 Å². The first-order valence-corrected chi connectivity index (χ1v) is 9.94. The Bertz CT molecular complexity index is 1010. The standard InChI is InChI=1S/C15H11F5N2O3S2/c1-2-27(24,25)9-4-3-5-21-12(9)22-7-8-6-10(26-11(8)13(22)23)14(16,17)15(18,19)20/h3-6H,2,7H2,1H3.